The normalized spacial score (nSPS) is 13.4. The highest BCUT2D eigenvalue weighted by Crippen LogP contribution is 2.38. The number of morpholine rings is 1. The molecule has 1 amide bonds. The van der Waals surface area contributed by atoms with Gasteiger partial charge in [-0.1, -0.05) is 35.9 Å². The maximum atomic E-state index is 13.4. The first-order valence-corrected chi connectivity index (χ1v) is 15.1. The molecular formula is C32H25ClF4N4O5S. The van der Waals surface area contributed by atoms with Crippen LogP contribution in [0.5, 0.6) is 5.75 Å². The number of thiophene rings is 1. The molecule has 0 saturated carbocycles. The van der Waals surface area contributed by atoms with Crippen LogP contribution in [-0.2, 0) is 20.9 Å². The first kappa shape index (κ1) is 33.6. The molecule has 244 valence electrons. The van der Waals surface area contributed by atoms with E-state index in [0.717, 1.165) is 31.6 Å². The van der Waals surface area contributed by atoms with Gasteiger partial charge in [-0.05, 0) is 53.6 Å². The first-order chi connectivity index (χ1) is 22.5. The van der Waals surface area contributed by atoms with E-state index >= 15 is 0 Å². The number of fused-ring (bicyclic) bond motifs is 3. The molecule has 2 aromatic heterocycles. The number of nitrogens with one attached hydrogen (secondary N) is 1. The summed E-state index contributed by atoms with van der Waals surface area (Å²) in [6, 6.07) is 17.7. The summed E-state index contributed by atoms with van der Waals surface area (Å²) in [7, 11) is 0. The minimum Gasteiger partial charge on any atom is -0.487 e. The number of benzene rings is 3. The SMILES string of the molecule is O=C(C=Cc1ccc2c(c1)sc1ncnc(Nc3ccc(OCc4cccc(F)c4)c(Cl)c3)c12)N1CCOCC1.O=C(O)C(F)(F)F. The molecule has 3 heterocycles. The van der Waals surface area contributed by atoms with Crippen molar-refractivity contribution in [1.29, 1.82) is 0 Å². The summed E-state index contributed by atoms with van der Waals surface area (Å²) in [5, 5.41) is 12.8. The van der Waals surface area contributed by atoms with Crippen molar-refractivity contribution in [3.63, 3.8) is 0 Å². The van der Waals surface area contributed by atoms with Crippen LogP contribution in [-0.4, -0.2) is 64.3 Å². The summed E-state index contributed by atoms with van der Waals surface area (Å²) < 4.78 is 57.3. The van der Waals surface area contributed by atoms with Gasteiger partial charge in [0.15, 0.2) is 0 Å². The van der Waals surface area contributed by atoms with Gasteiger partial charge in [-0.25, -0.2) is 19.2 Å². The van der Waals surface area contributed by atoms with Crippen molar-refractivity contribution in [2.45, 2.75) is 12.8 Å². The third kappa shape index (κ3) is 8.73. The minimum atomic E-state index is -5.08. The largest absolute Gasteiger partial charge is 0.490 e. The van der Waals surface area contributed by atoms with E-state index in [4.69, 9.17) is 31.0 Å². The number of aliphatic carboxylic acids is 1. The van der Waals surface area contributed by atoms with Gasteiger partial charge in [0.1, 0.15) is 35.1 Å². The Morgan fingerprint density at radius 2 is 1.85 bits per heavy atom. The molecule has 0 spiro atoms. The number of anilines is 2. The molecule has 1 aliphatic heterocycles. The van der Waals surface area contributed by atoms with E-state index in [9.17, 15) is 22.4 Å². The lowest BCUT2D eigenvalue weighted by Crippen LogP contribution is -2.39. The Morgan fingerprint density at radius 1 is 1.09 bits per heavy atom. The fourth-order valence-electron chi connectivity index (χ4n) is 4.50. The minimum absolute atomic E-state index is 0.0128. The highest BCUT2D eigenvalue weighted by Gasteiger charge is 2.38. The van der Waals surface area contributed by atoms with E-state index < -0.39 is 12.1 Å². The zero-order chi connectivity index (χ0) is 33.6. The van der Waals surface area contributed by atoms with Crippen LogP contribution >= 0.6 is 22.9 Å². The number of carbonyl (C=O) groups is 2. The van der Waals surface area contributed by atoms with Crippen molar-refractivity contribution in [1.82, 2.24) is 14.9 Å². The lowest BCUT2D eigenvalue weighted by molar-refractivity contribution is -0.192. The number of hydrogen-bond donors (Lipinski definition) is 2. The molecule has 3 aromatic carbocycles. The van der Waals surface area contributed by atoms with Crippen LogP contribution in [0.15, 0.2) is 73.1 Å². The van der Waals surface area contributed by atoms with Crippen molar-refractivity contribution in [2.75, 3.05) is 31.6 Å². The number of carbonyl (C=O) groups excluding carboxylic acids is 1. The summed E-state index contributed by atoms with van der Waals surface area (Å²) in [4.78, 5) is 33.0. The van der Waals surface area contributed by atoms with Crippen molar-refractivity contribution in [2.24, 2.45) is 0 Å². The highest BCUT2D eigenvalue weighted by atomic mass is 35.5. The Morgan fingerprint density at radius 3 is 2.55 bits per heavy atom. The Labute approximate surface area is 274 Å². The highest BCUT2D eigenvalue weighted by molar-refractivity contribution is 7.25. The molecular weight excluding hydrogens is 664 g/mol. The number of hydrogen-bond acceptors (Lipinski definition) is 8. The fourth-order valence-corrected chi connectivity index (χ4v) is 5.83. The molecule has 1 saturated heterocycles. The molecule has 9 nitrogen and oxygen atoms in total. The topological polar surface area (TPSA) is 114 Å². The van der Waals surface area contributed by atoms with Crippen LogP contribution < -0.4 is 10.1 Å². The second-order valence-electron chi connectivity index (χ2n) is 10.0. The second-order valence-corrected chi connectivity index (χ2v) is 11.5. The van der Waals surface area contributed by atoms with E-state index in [1.165, 1.54) is 18.5 Å². The van der Waals surface area contributed by atoms with Crippen LogP contribution in [0.1, 0.15) is 11.1 Å². The van der Waals surface area contributed by atoms with E-state index in [1.807, 2.05) is 24.3 Å². The molecule has 0 atom stereocenters. The maximum absolute atomic E-state index is 13.4. The monoisotopic (exact) mass is 688 g/mol. The summed E-state index contributed by atoms with van der Waals surface area (Å²) in [6.07, 6.45) is -0.103. The fraction of sp³-hybridized carbons (Fsp3) is 0.188. The summed E-state index contributed by atoms with van der Waals surface area (Å²) in [5.74, 6) is -1.92. The first-order valence-electron chi connectivity index (χ1n) is 13.9. The van der Waals surface area contributed by atoms with Crippen LogP contribution in [0.25, 0.3) is 26.4 Å². The van der Waals surface area contributed by atoms with Gasteiger partial charge in [-0.2, -0.15) is 13.2 Å². The van der Waals surface area contributed by atoms with Gasteiger partial charge in [0, 0.05) is 34.9 Å². The Balaban J connectivity index is 0.000000559. The molecule has 2 N–H and O–H groups in total. The van der Waals surface area contributed by atoms with Crippen LogP contribution in [0.3, 0.4) is 0 Å². The van der Waals surface area contributed by atoms with Gasteiger partial charge in [-0.15, -0.1) is 11.3 Å². The molecule has 1 fully saturated rings. The Hall–Kier alpha value is -4.79. The van der Waals surface area contributed by atoms with Crippen molar-refractivity contribution < 1.29 is 41.7 Å². The third-order valence-electron chi connectivity index (χ3n) is 6.76. The van der Waals surface area contributed by atoms with E-state index in [0.29, 0.717) is 48.5 Å². The Bertz CT molecular complexity index is 1950. The van der Waals surface area contributed by atoms with E-state index in [2.05, 4.69) is 21.4 Å². The number of amides is 1. The van der Waals surface area contributed by atoms with E-state index in [1.54, 1.807) is 46.6 Å². The molecule has 6 rings (SSSR count). The quantitative estimate of drug-likeness (QED) is 0.134. The van der Waals surface area contributed by atoms with Gasteiger partial charge in [0.05, 0.1) is 23.6 Å². The zero-order valence-corrected chi connectivity index (χ0v) is 25.8. The van der Waals surface area contributed by atoms with Crippen LogP contribution in [0.2, 0.25) is 5.02 Å². The molecule has 15 heteroatoms. The van der Waals surface area contributed by atoms with Crippen LogP contribution in [0, 0.1) is 5.82 Å². The number of alkyl halides is 3. The van der Waals surface area contributed by atoms with Gasteiger partial charge in [-0.3, -0.25) is 4.79 Å². The number of aromatic nitrogens is 2. The lowest BCUT2D eigenvalue weighted by Gasteiger charge is -2.25. The summed E-state index contributed by atoms with van der Waals surface area (Å²) in [6.45, 7) is 2.58. The van der Waals surface area contributed by atoms with E-state index in [-0.39, 0.29) is 18.3 Å². The number of nitrogens with zero attached hydrogens (tertiary/aromatic N) is 3. The molecule has 0 radical (unpaired) electrons. The van der Waals surface area contributed by atoms with Crippen molar-refractivity contribution in [3.05, 3.63) is 95.0 Å². The predicted molar refractivity (Wildman–Crippen MR) is 171 cm³/mol. The Kier molecular flexibility index (Phi) is 10.5. The number of halogens is 5. The molecule has 0 unspecified atom stereocenters. The number of ether oxygens (including phenoxy) is 2. The maximum Gasteiger partial charge on any atom is 0.490 e. The molecule has 5 aromatic rings. The molecule has 0 bridgehead atoms. The predicted octanol–water partition coefficient (Wildman–Crippen LogP) is 7.46. The smallest absolute Gasteiger partial charge is 0.487 e. The van der Waals surface area contributed by atoms with Gasteiger partial charge < -0.3 is 24.8 Å². The van der Waals surface area contributed by atoms with Crippen molar-refractivity contribution >= 4 is 72.7 Å². The average Bonchev–Trinajstić information content (AvgIpc) is 3.42. The second kappa shape index (κ2) is 14.8. The number of carboxylic acids is 1. The number of carboxylic acid groups (broad SMARTS) is 1. The summed E-state index contributed by atoms with van der Waals surface area (Å²) in [5.41, 5.74) is 2.39. The van der Waals surface area contributed by atoms with Crippen molar-refractivity contribution in [3.8, 4) is 5.75 Å². The van der Waals surface area contributed by atoms with Gasteiger partial charge in [0.25, 0.3) is 0 Å². The van der Waals surface area contributed by atoms with Crippen LogP contribution in [0.4, 0.5) is 29.1 Å². The van der Waals surface area contributed by atoms with Gasteiger partial charge in [0.2, 0.25) is 5.91 Å². The average molecular weight is 689 g/mol. The zero-order valence-electron chi connectivity index (χ0n) is 24.3. The summed E-state index contributed by atoms with van der Waals surface area (Å²) >= 11 is 8.06. The number of rotatable bonds is 7. The third-order valence-corrected chi connectivity index (χ3v) is 8.11. The molecule has 0 aliphatic carbocycles. The van der Waals surface area contributed by atoms with Gasteiger partial charge >= 0.3 is 12.1 Å². The lowest BCUT2D eigenvalue weighted by atomic mass is 10.1. The molecule has 1 aliphatic rings. The molecule has 47 heavy (non-hydrogen) atoms. The standard InChI is InChI=1S/C30H24ClFN4O3S.C2HF3O2/c31-24-16-22(6-8-25(24)39-17-20-2-1-3-21(32)14-20)35-29-28-23-7-4-19(15-26(23)40-30(28)34-18-33-29)5-9-27(37)36-10-12-38-13-11-36;3-2(4,5)1(6)7/h1-9,14-16,18H,10-13,17H2,(H,33,34,35);(H,6,7).